The Kier molecular flexibility index (Phi) is 10.6. The van der Waals surface area contributed by atoms with Gasteiger partial charge in [-0.05, 0) is 56.9 Å². The van der Waals surface area contributed by atoms with Crippen molar-refractivity contribution in [2.24, 2.45) is 0 Å². The van der Waals surface area contributed by atoms with Gasteiger partial charge in [0.05, 0.1) is 0 Å². The second kappa shape index (κ2) is 13.3. The average molecular weight is 374 g/mol. The van der Waals surface area contributed by atoms with Crippen LogP contribution in [0.25, 0.3) is 0 Å². The molecule has 1 N–H and O–H groups in total. The number of hydrogen-bond donors (Lipinski definition) is 1. The highest BCUT2D eigenvalue weighted by atomic mass is 16.5. The number of carbonyl (C=O) groups is 2. The molecule has 1 aromatic carbocycles. The van der Waals surface area contributed by atoms with Gasteiger partial charge < -0.3 is 10.1 Å². The van der Waals surface area contributed by atoms with Gasteiger partial charge in [0.25, 0.3) is 0 Å². The average Bonchev–Trinajstić information content (AvgIpc) is 2.69. The number of amides is 1. The van der Waals surface area contributed by atoms with Gasteiger partial charge in [0.15, 0.2) is 0 Å². The summed E-state index contributed by atoms with van der Waals surface area (Å²) in [5.41, 5.74) is 1.39. The Hall–Kier alpha value is -1.84. The summed E-state index contributed by atoms with van der Waals surface area (Å²) in [4.78, 5) is 23.6. The zero-order valence-electron chi connectivity index (χ0n) is 16.6. The summed E-state index contributed by atoms with van der Waals surface area (Å²) >= 11 is 0. The van der Waals surface area contributed by atoms with Gasteiger partial charge in [-0.3, -0.25) is 9.59 Å². The summed E-state index contributed by atoms with van der Waals surface area (Å²) in [6, 6.07) is 10.5. The maximum absolute atomic E-state index is 11.8. The lowest BCUT2D eigenvalue weighted by molar-refractivity contribution is -0.150. The molecule has 1 aromatic rings. The molecule has 0 radical (unpaired) electrons. The number of aryl methyl sites for hydroxylation is 1. The fourth-order valence-electron chi connectivity index (χ4n) is 3.59. The SMILES string of the molecule is O=C(CCCCCCc1ccccc1)NCCCC(=O)OC1CCCCC1. The number of unbranched alkanes of at least 4 members (excludes halogenated alkanes) is 3. The van der Waals surface area contributed by atoms with Crippen molar-refractivity contribution in [3.8, 4) is 0 Å². The highest BCUT2D eigenvalue weighted by molar-refractivity contribution is 5.75. The molecule has 1 amide bonds. The van der Waals surface area contributed by atoms with Crippen molar-refractivity contribution in [1.29, 1.82) is 0 Å². The Bertz CT molecular complexity index is 538. The standard InChI is InChI=1S/C23H35NO3/c25-22(17-10-2-1-5-12-20-13-6-3-7-14-20)24-19-11-18-23(26)27-21-15-8-4-9-16-21/h3,6-7,13-14,21H,1-2,4-5,8-12,15-19H2,(H,24,25). The number of hydrogen-bond acceptors (Lipinski definition) is 3. The predicted molar refractivity (Wildman–Crippen MR) is 108 cm³/mol. The normalized spacial score (nSPS) is 14.7. The number of rotatable bonds is 12. The smallest absolute Gasteiger partial charge is 0.306 e. The second-order valence-corrected chi connectivity index (χ2v) is 7.60. The molecule has 150 valence electrons. The molecule has 0 heterocycles. The van der Waals surface area contributed by atoms with E-state index in [2.05, 4.69) is 29.6 Å². The van der Waals surface area contributed by atoms with Gasteiger partial charge >= 0.3 is 5.97 Å². The first kappa shape index (κ1) is 21.5. The lowest BCUT2D eigenvalue weighted by Gasteiger charge is -2.21. The van der Waals surface area contributed by atoms with Gasteiger partial charge in [0.2, 0.25) is 5.91 Å². The highest BCUT2D eigenvalue weighted by Gasteiger charge is 2.17. The maximum Gasteiger partial charge on any atom is 0.306 e. The van der Waals surface area contributed by atoms with Crippen LogP contribution in [0.3, 0.4) is 0 Å². The molecule has 0 atom stereocenters. The molecule has 0 aliphatic heterocycles. The van der Waals surface area contributed by atoms with Crippen LogP contribution >= 0.6 is 0 Å². The van der Waals surface area contributed by atoms with Crippen molar-refractivity contribution < 1.29 is 14.3 Å². The van der Waals surface area contributed by atoms with Crippen molar-refractivity contribution in [2.75, 3.05) is 6.54 Å². The summed E-state index contributed by atoms with van der Waals surface area (Å²) in [6.07, 6.45) is 12.9. The molecule has 4 heteroatoms. The minimum Gasteiger partial charge on any atom is -0.462 e. The quantitative estimate of drug-likeness (QED) is 0.416. The van der Waals surface area contributed by atoms with E-state index in [4.69, 9.17) is 4.74 Å². The first-order chi connectivity index (χ1) is 13.2. The van der Waals surface area contributed by atoms with Crippen molar-refractivity contribution in [2.45, 2.75) is 89.6 Å². The van der Waals surface area contributed by atoms with E-state index in [1.807, 2.05) is 6.07 Å². The maximum atomic E-state index is 11.8. The van der Waals surface area contributed by atoms with Gasteiger partial charge in [-0.1, -0.05) is 49.6 Å². The van der Waals surface area contributed by atoms with Crippen molar-refractivity contribution in [3.63, 3.8) is 0 Å². The molecule has 1 saturated carbocycles. The highest BCUT2D eigenvalue weighted by Crippen LogP contribution is 2.20. The molecule has 1 aliphatic carbocycles. The van der Waals surface area contributed by atoms with E-state index < -0.39 is 0 Å². The van der Waals surface area contributed by atoms with E-state index in [9.17, 15) is 9.59 Å². The van der Waals surface area contributed by atoms with E-state index >= 15 is 0 Å². The minimum absolute atomic E-state index is 0.0960. The van der Waals surface area contributed by atoms with Crippen LogP contribution in [0.1, 0.15) is 82.6 Å². The molecule has 0 aromatic heterocycles. The van der Waals surface area contributed by atoms with Crippen LogP contribution in [0.15, 0.2) is 30.3 Å². The third-order valence-corrected chi connectivity index (χ3v) is 5.19. The fraction of sp³-hybridized carbons (Fsp3) is 0.652. The molecule has 2 rings (SSSR count). The lowest BCUT2D eigenvalue weighted by Crippen LogP contribution is -2.25. The van der Waals surface area contributed by atoms with Crippen LogP contribution in [-0.2, 0) is 20.7 Å². The van der Waals surface area contributed by atoms with Crippen molar-refractivity contribution in [3.05, 3.63) is 35.9 Å². The van der Waals surface area contributed by atoms with E-state index in [0.29, 0.717) is 25.8 Å². The van der Waals surface area contributed by atoms with Crippen LogP contribution < -0.4 is 5.32 Å². The number of esters is 1. The number of nitrogens with one attached hydrogen (secondary N) is 1. The van der Waals surface area contributed by atoms with Crippen LogP contribution in [-0.4, -0.2) is 24.5 Å². The van der Waals surface area contributed by atoms with Gasteiger partial charge in [-0.15, -0.1) is 0 Å². The van der Waals surface area contributed by atoms with E-state index in [1.54, 1.807) is 0 Å². The summed E-state index contributed by atoms with van der Waals surface area (Å²) in [5.74, 6) is -0.0201. The van der Waals surface area contributed by atoms with Crippen LogP contribution in [0, 0.1) is 0 Å². The molecular weight excluding hydrogens is 338 g/mol. The second-order valence-electron chi connectivity index (χ2n) is 7.60. The Morgan fingerprint density at radius 2 is 1.63 bits per heavy atom. The largest absolute Gasteiger partial charge is 0.462 e. The van der Waals surface area contributed by atoms with Gasteiger partial charge in [0, 0.05) is 19.4 Å². The Morgan fingerprint density at radius 3 is 2.41 bits per heavy atom. The summed E-state index contributed by atoms with van der Waals surface area (Å²) in [6.45, 7) is 0.562. The number of ether oxygens (including phenoxy) is 1. The number of carbonyl (C=O) groups excluding carboxylic acids is 2. The molecule has 27 heavy (non-hydrogen) atoms. The number of benzene rings is 1. The van der Waals surface area contributed by atoms with Crippen molar-refractivity contribution >= 4 is 11.9 Å². The monoisotopic (exact) mass is 373 g/mol. The zero-order chi connectivity index (χ0) is 19.2. The third kappa shape index (κ3) is 10.2. The molecule has 1 fully saturated rings. The van der Waals surface area contributed by atoms with E-state index in [1.165, 1.54) is 31.2 Å². The van der Waals surface area contributed by atoms with E-state index in [-0.39, 0.29) is 18.0 Å². The fourth-order valence-corrected chi connectivity index (χ4v) is 3.59. The lowest BCUT2D eigenvalue weighted by atomic mass is 9.98. The molecule has 0 spiro atoms. The Morgan fingerprint density at radius 1 is 0.889 bits per heavy atom. The van der Waals surface area contributed by atoms with Gasteiger partial charge in [-0.25, -0.2) is 0 Å². The van der Waals surface area contributed by atoms with Gasteiger partial charge in [0.1, 0.15) is 6.10 Å². The van der Waals surface area contributed by atoms with Crippen LogP contribution in [0.2, 0.25) is 0 Å². The third-order valence-electron chi connectivity index (χ3n) is 5.19. The molecule has 4 nitrogen and oxygen atoms in total. The molecule has 0 saturated heterocycles. The minimum atomic E-state index is -0.116. The van der Waals surface area contributed by atoms with Gasteiger partial charge in [-0.2, -0.15) is 0 Å². The molecule has 0 unspecified atom stereocenters. The summed E-state index contributed by atoms with van der Waals surface area (Å²) in [5, 5.41) is 2.91. The predicted octanol–water partition coefficient (Wildman–Crippen LogP) is 4.95. The van der Waals surface area contributed by atoms with E-state index in [0.717, 1.165) is 38.5 Å². The Balaban J connectivity index is 1.39. The first-order valence-electron chi connectivity index (χ1n) is 10.7. The van der Waals surface area contributed by atoms with Crippen LogP contribution in [0.4, 0.5) is 0 Å². The first-order valence-corrected chi connectivity index (χ1v) is 10.7. The molecule has 0 bridgehead atoms. The van der Waals surface area contributed by atoms with Crippen molar-refractivity contribution in [1.82, 2.24) is 5.32 Å². The van der Waals surface area contributed by atoms with Crippen LogP contribution in [0.5, 0.6) is 0 Å². The summed E-state index contributed by atoms with van der Waals surface area (Å²) in [7, 11) is 0. The zero-order valence-corrected chi connectivity index (χ0v) is 16.6. The topological polar surface area (TPSA) is 55.4 Å². The summed E-state index contributed by atoms with van der Waals surface area (Å²) < 4.78 is 5.48. The molecular formula is C23H35NO3. The molecule has 1 aliphatic rings. The Labute approximate surface area is 164 Å².